The van der Waals surface area contributed by atoms with Gasteiger partial charge in [0.05, 0.1) is 17.9 Å². The maximum Gasteiger partial charge on any atom is 0.141 e. The van der Waals surface area contributed by atoms with E-state index in [-0.39, 0.29) is 11.9 Å². The summed E-state index contributed by atoms with van der Waals surface area (Å²) in [6, 6.07) is 2.93. The normalized spacial score (nSPS) is 14.9. The van der Waals surface area contributed by atoms with E-state index in [0.717, 1.165) is 25.2 Å². The average Bonchev–Trinajstić information content (AvgIpc) is 2.29. The third kappa shape index (κ3) is 4.40. The van der Waals surface area contributed by atoms with Crippen molar-refractivity contribution in [1.29, 1.82) is 0 Å². The Morgan fingerprint density at radius 1 is 1.47 bits per heavy atom. The van der Waals surface area contributed by atoms with E-state index in [9.17, 15) is 4.39 Å². The van der Waals surface area contributed by atoms with Crippen LogP contribution in [0.3, 0.4) is 0 Å². The van der Waals surface area contributed by atoms with Crippen LogP contribution in [-0.4, -0.2) is 30.0 Å². The van der Waals surface area contributed by atoms with Crippen molar-refractivity contribution in [3.8, 4) is 0 Å². The van der Waals surface area contributed by atoms with Crippen LogP contribution in [0.25, 0.3) is 0 Å². The standard InChI is InChI=1S/C13H22FN3/c1-4-7-17(3)9-10(2)13(15)12-6-5-11(14)8-16-12/h5-6,8,10,13H,4,7,9,15H2,1-3H3. The van der Waals surface area contributed by atoms with Gasteiger partial charge in [0, 0.05) is 6.54 Å². The summed E-state index contributed by atoms with van der Waals surface area (Å²) in [5, 5.41) is 0. The van der Waals surface area contributed by atoms with E-state index in [2.05, 4.69) is 30.8 Å². The second-order valence-electron chi connectivity index (χ2n) is 4.67. The van der Waals surface area contributed by atoms with E-state index >= 15 is 0 Å². The molecule has 0 fully saturated rings. The molecule has 0 aliphatic heterocycles. The van der Waals surface area contributed by atoms with Crippen LogP contribution in [0.5, 0.6) is 0 Å². The van der Waals surface area contributed by atoms with Gasteiger partial charge in [-0.25, -0.2) is 4.39 Å². The molecular weight excluding hydrogens is 217 g/mol. The molecule has 0 saturated heterocycles. The van der Waals surface area contributed by atoms with Crippen LogP contribution in [0, 0.1) is 11.7 Å². The van der Waals surface area contributed by atoms with Crippen molar-refractivity contribution in [2.24, 2.45) is 11.7 Å². The highest BCUT2D eigenvalue weighted by atomic mass is 19.1. The molecule has 0 aromatic carbocycles. The Hall–Kier alpha value is -1.00. The Morgan fingerprint density at radius 2 is 2.18 bits per heavy atom. The largest absolute Gasteiger partial charge is 0.322 e. The van der Waals surface area contributed by atoms with Crippen LogP contribution >= 0.6 is 0 Å². The summed E-state index contributed by atoms with van der Waals surface area (Å²) < 4.78 is 12.8. The number of hydrogen-bond donors (Lipinski definition) is 1. The minimum Gasteiger partial charge on any atom is -0.322 e. The van der Waals surface area contributed by atoms with Gasteiger partial charge in [-0.2, -0.15) is 0 Å². The first kappa shape index (κ1) is 14.1. The number of halogens is 1. The van der Waals surface area contributed by atoms with Crippen molar-refractivity contribution < 1.29 is 4.39 Å². The number of hydrogen-bond acceptors (Lipinski definition) is 3. The van der Waals surface area contributed by atoms with Crippen LogP contribution < -0.4 is 5.73 Å². The van der Waals surface area contributed by atoms with Crippen molar-refractivity contribution in [3.63, 3.8) is 0 Å². The summed E-state index contributed by atoms with van der Waals surface area (Å²) in [6.45, 7) is 6.24. The van der Waals surface area contributed by atoms with Gasteiger partial charge in [0.1, 0.15) is 5.82 Å². The van der Waals surface area contributed by atoms with Gasteiger partial charge in [-0.1, -0.05) is 13.8 Å². The second kappa shape index (κ2) is 6.67. The Labute approximate surface area is 103 Å². The van der Waals surface area contributed by atoms with Crippen LogP contribution in [0.2, 0.25) is 0 Å². The van der Waals surface area contributed by atoms with Crippen molar-refractivity contribution in [2.45, 2.75) is 26.3 Å². The van der Waals surface area contributed by atoms with E-state index in [1.54, 1.807) is 6.07 Å². The summed E-state index contributed by atoms with van der Waals surface area (Å²) in [7, 11) is 2.09. The lowest BCUT2D eigenvalue weighted by Gasteiger charge is -2.25. The summed E-state index contributed by atoms with van der Waals surface area (Å²) in [5.74, 6) is -0.0267. The molecule has 0 saturated carbocycles. The lowest BCUT2D eigenvalue weighted by atomic mass is 9.98. The molecule has 2 unspecified atom stereocenters. The molecule has 1 aromatic heterocycles. The number of rotatable bonds is 6. The van der Waals surface area contributed by atoms with Gasteiger partial charge in [0.2, 0.25) is 0 Å². The Bertz CT molecular complexity index is 326. The van der Waals surface area contributed by atoms with Crippen LogP contribution in [-0.2, 0) is 0 Å². The molecule has 3 nitrogen and oxygen atoms in total. The highest BCUT2D eigenvalue weighted by Gasteiger charge is 2.17. The van der Waals surface area contributed by atoms with E-state index in [1.807, 2.05) is 0 Å². The van der Waals surface area contributed by atoms with Gasteiger partial charge in [-0.3, -0.25) is 4.98 Å². The third-order valence-corrected chi connectivity index (χ3v) is 2.91. The number of pyridine rings is 1. The van der Waals surface area contributed by atoms with E-state index in [0.29, 0.717) is 5.92 Å². The number of nitrogens with zero attached hydrogens (tertiary/aromatic N) is 2. The predicted octanol–water partition coefficient (Wildman–Crippen LogP) is 2.20. The molecule has 0 radical (unpaired) electrons. The topological polar surface area (TPSA) is 42.1 Å². The SMILES string of the molecule is CCCN(C)CC(C)C(N)c1ccc(F)cn1. The lowest BCUT2D eigenvalue weighted by Crippen LogP contribution is -2.31. The highest BCUT2D eigenvalue weighted by molar-refractivity contribution is 5.10. The fraction of sp³-hybridized carbons (Fsp3) is 0.615. The van der Waals surface area contributed by atoms with Crippen molar-refractivity contribution in [2.75, 3.05) is 20.1 Å². The van der Waals surface area contributed by atoms with Gasteiger partial charge in [-0.15, -0.1) is 0 Å². The molecule has 0 aliphatic carbocycles. The van der Waals surface area contributed by atoms with Crippen molar-refractivity contribution in [1.82, 2.24) is 9.88 Å². The summed E-state index contributed by atoms with van der Waals surface area (Å²) in [5.41, 5.74) is 6.87. The third-order valence-electron chi connectivity index (χ3n) is 2.91. The molecule has 1 rings (SSSR count). The first-order valence-electron chi connectivity index (χ1n) is 6.10. The molecule has 0 bridgehead atoms. The molecular formula is C13H22FN3. The average molecular weight is 239 g/mol. The summed E-state index contributed by atoms with van der Waals surface area (Å²) >= 11 is 0. The van der Waals surface area contributed by atoms with E-state index in [1.165, 1.54) is 12.3 Å². The van der Waals surface area contributed by atoms with E-state index in [4.69, 9.17) is 5.73 Å². The fourth-order valence-electron chi connectivity index (χ4n) is 1.95. The molecule has 1 heterocycles. The molecule has 0 amide bonds. The molecule has 17 heavy (non-hydrogen) atoms. The van der Waals surface area contributed by atoms with Crippen LogP contribution in [0.15, 0.2) is 18.3 Å². The smallest absolute Gasteiger partial charge is 0.141 e. The minimum absolute atomic E-state index is 0.144. The van der Waals surface area contributed by atoms with Crippen molar-refractivity contribution in [3.05, 3.63) is 29.8 Å². The Kier molecular flexibility index (Phi) is 5.51. The first-order chi connectivity index (χ1) is 8.04. The molecule has 96 valence electrons. The molecule has 1 aromatic rings. The second-order valence-corrected chi connectivity index (χ2v) is 4.67. The van der Waals surface area contributed by atoms with Crippen LogP contribution in [0.4, 0.5) is 4.39 Å². The number of nitrogens with two attached hydrogens (primary N) is 1. The number of aromatic nitrogens is 1. The summed E-state index contributed by atoms with van der Waals surface area (Å²) in [4.78, 5) is 6.29. The van der Waals surface area contributed by atoms with Gasteiger partial charge in [0.15, 0.2) is 0 Å². The minimum atomic E-state index is -0.322. The van der Waals surface area contributed by atoms with Gasteiger partial charge >= 0.3 is 0 Å². The maximum absolute atomic E-state index is 12.8. The molecule has 2 N–H and O–H groups in total. The van der Waals surface area contributed by atoms with Gasteiger partial charge < -0.3 is 10.6 Å². The van der Waals surface area contributed by atoms with Gasteiger partial charge in [-0.05, 0) is 38.1 Å². The van der Waals surface area contributed by atoms with E-state index < -0.39 is 0 Å². The van der Waals surface area contributed by atoms with Crippen molar-refractivity contribution >= 4 is 0 Å². The Morgan fingerprint density at radius 3 is 2.71 bits per heavy atom. The zero-order chi connectivity index (χ0) is 12.8. The summed E-state index contributed by atoms with van der Waals surface area (Å²) in [6.07, 6.45) is 2.35. The van der Waals surface area contributed by atoms with Crippen LogP contribution in [0.1, 0.15) is 32.0 Å². The predicted molar refractivity (Wildman–Crippen MR) is 68.1 cm³/mol. The molecule has 4 heteroatoms. The molecule has 0 spiro atoms. The first-order valence-corrected chi connectivity index (χ1v) is 6.10. The zero-order valence-corrected chi connectivity index (χ0v) is 10.9. The highest BCUT2D eigenvalue weighted by Crippen LogP contribution is 2.18. The lowest BCUT2D eigenvalue weighted by molar-refractivity contribution is 0.263. The quantitative estimate of drug-likeness (QED) is 0.827. The maximum atomic E-state index is 12.8. The monoisotopic (exact) mass is 239 g/mol. The Balaban J connectivity index is 2.56. The molecule has 2 atom stereocenters. The fourth-order valence-corrected chi connectivity index (χ4v) is 1.95. The zero-order valence-electron chi connectivity index (χ0n) is 10.9. The van der Waals surface area contributed by atoms with Gasteiger partial charge in [0.25, 0.3) is 0 Å². The molecule has 0 aliphatic rings.